The Hall–Kier alpha value is -1.46. The molecule has 20 heavy (non-hydrogen) atoms. The molecule has 1 amide bonds. The maximum absolute atomic E-state index is 12.1. The lowest BCUT2D eigenvalue weighted by Gasteiger charge is -2.24. The second kappa shape index (κ2) is 6.33. The molecule has 1 aliphatic rings. The Labute approximate surface area is 125 Å². The van der Waals surface area contributed by atoms with Crippen LogP contribution in [0.3, 0.4) is 0 Å². The van der Waals surface area contributed by atoms with Crippen molar-refractivity contribution in [3.05, 3.63) is 23.8 Å². The highest BCUT2D eigenvalue weighted by atomic mass is 35.5. The van der Waals surface area contributed by atoms with E-state index in [1.807, 2.05) is 39.0 Å². The topological polar surface area (TPSA) is 73.6 Å². The van der Waals surface area contributed by atoms with Gasteiger partial charge in [-0.1, -0.05) is 6.07 Å². The van der Waals surface area contributed by atoms with Crippen molar-refractivity contribution in [2.24, 2.45) is 11.1 Å². The Kier molecular flexibility index (Phi) is 5.25. The predicted molar refractivity (Wildman–Crippen MR) is 79.2 cm³/mol. The Balaban J connectivity index is 0.00000200. The van der Waals surface area contributed by atoms with Gasteiger partial charge in [-0.05, 0) is 38.5 Å². The zero-order chi connectivity index (χ0) is 14.0. The number of hydrogen-bond donors (Lipinski definition) is 2. The van der Waals surface area contributed by atoms with Crippen LogP contribution in [-0.4, -0.2) is 19.2 Å². The molecule has 0 aromatic heterocycles. The zero-order valence-electron chi connectivity index (χ0n) is 11.9. The summed E-state index contributed by atoms with van der Waals surface area (Å²) >= 11 is 0. The van der Waals surface area contributed by atoms with Gasteiger partial charge in [0.25, 0.3) is 0 Å². The minimum absolute atomic E-state index is 0. The van der Waals surface area contributed by atoms with Crippen LogP contribution in [0.15, 0.2) is 18.2 Å². The van der Waals surface area contributed by atoms with E-state index in [1.54, 1.807) is 0 Å². The summed E-state index contributed by atoms with van der Waals surface area (Å²) in [5.74, 6) is 1.40. The molecule has 1 unspecified atom stereocenters. The maximum atomic E-state index is 12.1. The molecule has 1 heterocycles. The van der Waals surface area contributed by atoms with Crippen molar-refractivity contribution in [2.75, 3.05) is 13.3 Å². The van der Waals surface area contributed by atoms with Gasteiger partial charge in [0.15, 0.2) is 11.5 Å². The first-order valence-corrected chi connectivity index (χ1v) is 6.34. The van der Waals surface area contributed by atoms with Crippen molar-refractivity contribution in [3.8, 4) is 11.5 Å². The van der Waals surface area contributed by atoms with Gasteiger partial charge in [0.2, 0.25) is 12.7 Å². The first-order valence-electron chi connectivity index (χ1n) is 6.34. The van der Waals surface area contributed by atoms with E-state index >= 15 is 0 Å². The summed E-state index contributed by atoms with van der Waals surface area (Å²) in [5.41, 5.74) is 6.01. The maximum Gasteiger partial charge on any atom is 0.231 e. The van der Waals surface area contributed by atoms with E-state index in [0.717, 1.165) is 17.1 Å². The molecule has 1 aromatic carbocycles. The molecule has 3 N–H and O–H groups in total. The van der Waals surface area contributed by atoms with Gasteiger partial charge in [0, 0.05) is 6.54 Å². The number of fused-ring (bicyclic) bond motifs is 1. The van der Waals surface area contributed by atoms with Gasteiger partial charge in [0.05, 0.1) is 11.5 Å². The molecular weight excluding hydrogens is 280 g/mol. The second-order valence-electron chi connectivity index (χ2n) is 5.40. The fraction of sp³-hybridized carbons (Fsp3) is 0.500. The third kappa shape index (κ3) is 3.35. The van der Waals surface area contributed by atoms with Crippen molar-refractivity contribution < 1.29 is 14.3 Å². The third-order valence-electron chi connectivity index (χ3n) is 3.37. The first kappa shape index (κ1) is 16.6. The monoisotopic (exact) mass is 300 g/mol. The van der Waals surface area contributed by atoms with E-state index in [9.17, 15) is 4.79 Å². The highest BCUT2D eigenvalue weighted by Gasteiger charge is 2.27. The summed E-state index contributed by atoms with van der Waals surface area (Å²) in [5, 5.41) is 2.96. The first-order chi connectivity index (χ1) is 8.94. The molecule has 0 aliphatic carbocycles. The van der Waals surface area contributed by atoms with E-state index in [4.69, 9.17) is 15.2 Å². The van der Waals surface area contributed by atoms with E-state index < -0.39 is 5.41 Å². The standard InChI is InChI=1S/C14H20N2O3.ClH/c1-9(16-13(17)14(2,3)7-15)10-4-5-11-12(6-10)19-8-18-11;/h4-6,9H,7-8,15H2,1-3H3,(H,16,17);1H. The molecule has 1 atom stereocenters. The third-order valence-corrected chi connectivity index (χ3v) is 3.37. The van der Waals surface area contributed by atoms with Gasteiger partial charge in [-0.3, -0.25) is 4.79 Å². The van der Waals surface area contributed by atoms with Crippen LogP contribution in [0.5, 0.6) is 11.5 Å². The van der Waals surface area contributed by atoms with Gasteiger partial charge in [0.1, 0.15) is 0 Å². The minimum atomic E-state index is -0.565. The SMILES string of the molecule is CC(NC(=O)C(C)(C)CN)c1ccc2c(c1)OCO2.Cl. The van der Waals surface area contributed by atoms with Gasteiger partial charge >= 0.3 is 0 Å². The normalized spacial score (nSPS) is 14.4. The van der Waals surface area contributed by atoms with E-state index in [2.05, 4.69) is 5.32 Å². The van der Waals surface area contributed by atoms with Gasteiger partial charge in [-0.25, -0.2) is 0 Å². The summed E-state index contributed by atoms with van der Waals surface area (Å²) in [4.78, 5) is 12.1. The number of carbonyl (C=O) groups is 1. The molecule has 2 rings (SSSR count). The van der Waals surface area contributed by atoms with Crippen LogP contribution in [0.2, 0.25) is 0 Å². The number of carbonyl (C=O) groups excluding carboxylic acids is 1. The average Bonchev–Trinajstić information content (AvgIpc) is 2.85. The smallest absolute Gasteiger partial charge is 0.231 e. The molecule has 5 nitrogen and oxygen atoms in total. The van der Waals surface area contributed by atoms with Crippen LogP contribution >= 0.6 is 12.4 Å². The van der Waals surface area contributed by atoms with E-state index in [1.165, 1.54) is 0 Å². The fourth-order valence-electron chi connectivity index (χ4n) is 1.75. The predicted octanol–water partition coefficient (Wildman–Crippen LogP) is 2.00. The molecule has 0 saturated carbocycles. The van der Waals surface area contributed by atoms with Crippen molar-refractivity contribution in [1.82, 2.24) is 5.32 Å². The molecule has 0 saturated heterocycles. The number of benzene rings is 1. The highest BCUT2D eigenvalue weighted by molar-refractivity contribution is 5.85. The number of amides is 1. The molecule has 0 fully saturated rings. The molecule has 0 spiro atoms. The van der Waals surface area contributed by atoms with Crippen LogP contribution in [0.1, 0.15) is 32.4 Å². The molecule has 112 valence electrons. The lowest BCUT2D eigenvalue weighted by Crippen LogP contribution is -2.42. The lowest BCUT2D eigenvalue weighted by atomic mass is 9.92. The van der Waals surface area contributed by atoms with Crippen LogP contribution < -0.4 is 20.5 Å². The van der Waals surface area contributed by atoms with Crippen molar-refractivity contribution in [3.63, 3.8) is 0 Å². The number of nitrogens with two attached hydrogens (primary N) is 1. The van der Waals surface area contributed by atoms with Gasteiger partial charge in [-0.2, -0.15) is 0 Å². The number of nitrogens with one attached hydrogen (secondary N) is 1. The Morgan fingerprint density at radius 2 is 2.05 bits per heavy atom. The van der Waals surface area contributed by atoms with Crippen molar-refractivity contribution in [2.45, 2.75) is 26.8 Å². The van der Waals surface area contributed by atoms with Crippen molar-refractivity contribution in [1.29, 1.82) is 0 Å². The number of rotatable bonds is 4. The highest BCUT2D eigenvalue weighted by Crippen LogP contribution is 2.34. The number of hydrogen-bond acceptors (Lipinski definition) is 4. The molecule has 0 radical (unpaired) electrons. The van der Waals surface area contributed by atoms with Crippen molar-refractivity contribution >= 4 is 18.3 Å². The number of ether oxygens (including phenoxy) is 2. The summed E-state index contributed by atoms with van der Waals surface area (Å²) in [6.45, 7) is 6.15. The Morgan fingerprint density at radius 1 is 1.40 bits per heavy atom. The summed E-state index contributed by atoms with van der Waals surface area (Å²) in [6.07, 6.45) is 0. The van der Waals surface area contributed by atoms with Crippen LogP contribution in [-0.2, 0) is 4.79 Å². The molecule has 0 bridgehead atoms. The van der Waals surface area contributed by atoms with Crippen LogP contribution in [0.4, 0.5) is 0 Å². The van der Waals surface area contributed by atoms with Gasteiger partial charge in [-0.15, -0.1) is 12.4 Å². The van der Waals surface area contributed by atoms with E-state index in [0.29, 0.717) is 6.54 Å². The summed E-state index contributed by atoms with van der Waals surface area (Å²) in [6, 6.07) is 5.57. The van der Waals surface area contributed by atoms with Gasteiger partial charge < -0.3 is 20.5 Å². The van der Waals surface area contributed by atoms with Crippen LogP contribution in [0.25, 0.3) is 0 Å². The molecule has 1 aliphatic heterocycles. The quantitative estimate of drug-likeness (QED) is 0.892. The lowest BCUT2D eigenvalue weighted by molar-refractivity contribution is -0.129. The Bertz CT molecular complexity index is 491. The average molecular weight is 301 g/mol. The number of halogens is 1. The summed E-state index contributed by atoms with van der Waals surface area (Å²) < 4.78 is 10.6. The van der Waals surface area contributed by atoms with Crippen LogP contribution in [0, 0.1) is 5.41 Å². The summed E-state index contributed by atoms with van der Waals surface area (Å²) in [7, 11) is 0. The Morgan fingerprint density at radius 3 is 2.70 bits per heavy atom. The molecule has 1 aromatic rings. The largest absolute Gasteiger partial charge is 0.454 e. The molecule has 6 heteroatoms. The molecular formula is C14H21ClN2O3. The fourth-order valence-corrected chi connectivity index (χ4v) is 1.75. The van der Waals surface area contributed by atoms with E-state index in [-0.39, 0.29) is 31.1 Å². The minimum Gasteiger partial charge on any atom is -0.454 e. The second-order valence-corrected chi connectivity index (χ2v) is 5.40. The zero-order valence-corrected chi connectivity index (χ0v) is 12.8.